The van der Waals surface area contributed by atoms with Crippen molar-refractivity contribution in [3.05, 3.63) is 0 Å². The maximum atomic E-state index is 11.3. The molecular formula is C10H20OS. The van der Waals surface area contributed by atoms with Gasteiger partial charge in [0.15, 0.2) is 0 Å². The molecule has 0 aromatic rings. The minimum atomic E-state index is 0.426. The van der Waals surface area contributed by atoms with Crippen LogP contribution in [0.25, 0.3) is 0 Å². The van der Waals surface area contributed by atoms with E-state index >= 15 is 0 Å². The van der Waals surface area contributed by atoms with Crippen molar-refractivity contribution in [2.24, 2.45) is 5.92 Å². The van der Waals surface area contributed by atoms with Gasteiger partial charge in [0, 0.05) is 6.42 Å². The monoisotopic (exact) mass is 188 g/mol. The van der Waals surface area contributed by atoms with Crippen molar-refractivity contribution < 1.29 is 4.79 Å². The number of carbonyl (C=O) groups is 1. The fourth-order valence-corrected chi connectivity index (χ4v) is 1.72. The molecule has 0 aliphatic carbocycles. The van der Waals surface area contributed by atoms with Crippen LogP contribution in [0.5, 0.6) is 0 Å². The molecule has 0 rings (SSSR count). The van der Waals surface area contributed by atoms with Crippen LogP contribution in [0.3, 0.4) is 0 Å². The van der Waals surface area contributed by atoms with E-state index in [9.17, 15) is 4.79 Å². The van der Waals surface area contributed by atoms with Gasteiger partial charge in [-0.15, -0.1) is 0 Å². The van der Waals surface area contributed by atoms with Crippen LogP contribution < -0.4 is 0 Å². The van der Waals surface area contributed by atoms with E-state index in [1.165, 1.54) is 0 Å². The molecule has 0 amide bonds. The summed E-state index contributed by atoms with van der Waals surface area (Å²) >= 11 is 1.73. The van der Waals surface area contributed by atoms with E-state index < -0.39 is 0 Å². The Labute approximate surface area is 80.3 Å². The van der Waals surface area contributed by atoms with Gasteiger partial charge >= 0.3 is 0 Å². The van der Waals surface area contributed by atoms with Crippen molar-refractivity contribution in [1.82, 2.24) is 0 Å². The van der Waals surface area contributed by atoms with Crippen LogP contribution in [-0.4, -0.2) is 17.3 Å². The van der Waals surface area contributed by atoms with Gasteiger partial charge in [-0.05, 0) is 11.7 Å². The molecule has 0 aromatic carbocycles. The predicted octanol–water partition coefficient (Wildman–Crippen LogP) is 3.13. The second kappa shape index (κ2) is 7.66. The molecule has 0 bridgehead atoms. The van der Waals surface area contributed by atoms with E-state index in [4.69, 9.17) is 0 Å². The van der Waals surface area contributed by atoms with Gasteiger partial charge in [-0.2, -0.15) is 11.8 Å². The Morgan fingerprint density at radius 3 is 2.25 bits per heavy atom. The third-order valence-corrected chi connectivity index (χ3v) is 3.07. The number of ketones is 1. The topological polar surface area (TPSA) is 17.1 Å². The van der Waals surface area contributed by atoms with Crippen LogP contribution in [0.4, 0.5) is 0 Å². The van der Waals surface area contributed by atoms with Crippen molar-refractivity contribution in [2.45, 2.75) is 40.0 Å². The molecule has 0 aliphatic rings. The lowest BCUT2D eigenvalue weighted by atomic mass is 9.98. The number of hydrogen-bond acceptors (Lipinski definition) is 2. The molecule has 2 heteroatoms. The zero-order valence-corrected chi connectivity index (χ0v) is 9.25. The van der Waals surface area contributed by atoms with E-state index in [0.717, 1.165) is 25.0 Å². The zero-order valence-electron chi connectivity index (χ0n) is 8.43. The van der Waals surface area contributed by atoms with E-state index in [1.807, 2.05) is 0 Å². The number of rotatable bonds is 7. The lowest BCUT2D eigenvalue weighted by Gasteiger charge is -2.09. The lowest BCUT2D eigenvalue weighted by molar-refractivity contribution is -0.117. The molecule has 12 heavy (non-hydrogen) atoms. The van der Waals surface area contributed by atoms with Gasteiger partial charge in [-0.1, -0.05) is 33.6 Å². The van der Waals surface area contributed by atoms with Gasteiger partial charge < -0.3 is 0 Å². The molecule has 0 radical (unpaired) electrons. The molecular weight excluding hydrogens is 168 g/mol. The molecule has 0 heterocycles. The van der Waals surface area contributed by atoms with Crippen LogP contribution >= 0.6 is 11.8 Å². The second-order valence-electron chi connectivity index (χ2n) is 3.06. The fourth-order valence-electron chi connectivity index (χ4n) is 1.17. The maximum absolute atomic E-state index is 11.3. The molecule has 0 unspecified atom stereocenters. The first-order valence-electron chi connectivity index (χ1n) is 4.83. The van der Waals surface area contributed by atoms with Crippen molar-refractivity contribution in [1.29, 1.82) is 0 Å². The predicted molar refractivity (Wildman–Crippen MR) is 56.7 cm³/mol. The summed E-state index contributed by atoms with van der Waals surface area (Å²) in [6.45, 7) is 6.41. The average molecular weight is 188 g/mol. The average Bonchev–Trinajstić information content (AvgIpc) is 2.10. The highest BCUT2D eigenvalue weighted by Gasteiger charge is 2.09. The Bertz CT molecular complexity index is 119. The minimum Gasteiger partial charge on any atom is -0.299 e. The van der Waals surface area contributed by atoms with Crippen molar-refractivity contribution >= 4 is 17.5 Å². The third-order valence-electron chi connectivity index (χ3n) is 2.14. The van der Waals surface area contributed by atoms with Gasteiger partial charge in [-0.25, -0.2) is 0 Å². The molecule has 0 aliphatic heterocycles. The summed E-state index contributed by atoms with van der Waals surface area (Å²) < 4.78 is 0. The van der Waals surface area contributed by atoms with Crippen LogP contribution in [0.15, 0.2) is 0 Å². The summed E-state index contributed by atoms with van der Waals surface area (Å²) in [7, 11) is 0. The van der Waals surface area contributed by atoms with Crippen molar-refractivity contribution in [3.63, 3.8) is 0 Å². The highest BCUT2D eigenvalue weighted by molar-refractivity contribution is 7.99. The molecule has 0 aromatic heterocycles. The highest BCUT2D eigenvalue weighted by atomic mass is 32.2. The normalized spacial score (nSPS) is 10.7. The van der Waals surface area contributed by atoms with E-state index in [1.54, 1.807) is 11.8 Å². The molecule has 0 saturated heterocycles. The second-order valence-corrected chi connectivity index (χ2v) is 4.34. The van der Waals surface area contributed by atoms with Crippen molar-refractivity contribution in [2.75, 3.05) is 11.5 Å². The first-order valence-corrected chi connectivity index (χ1v) is 5.99. The van der Waals surface area contributed by atoms with Gasteiger partial charge in [0.1, 0.15) is 5.78 Å². The summed E-state index contributed by atoms with van der Waals surface area (Å²) in [5, 5.41) is 0. The Morgan fingerprint density at radius 2 is 1.83 bits per heavy atom. The molecule has 0 N–H and O–H groups in total. The summed E-state index contributed by atoms with van der Waals surface area (Å²) in [4.78, 5) is 11.3. The molecule has 0 saturated carbocycles. The summed E-state index contributed by atoms with van der Waals surface area (Å²) in [6.07, 6.45) is 3.07. The smallest absolute Gasteiger partial charge is 0.143 e. The molecule has 0 spiro atoms. The number of hydrogen-bond donors (Lipinski definition) is 0. The third kappa shape index (κ3) is 5.64. The minimum absolute atomic E-state index is 0.426. The SMILES string of the molecule is CCSCC(=O)CC(CC)CC. The Morgan fingerprint density at radius 1 is 1.25 bits per heavy atom. The molecule has 0 fully saturated rings. The quantitative estimate of drug-likeness (QED) is 0.610. The van der Waals surface area contributed by atoms with Gasteiger partial charge in [-0.3, -0.25) is 4.79 Å². The molecule has 1 nitrogen and oxygen atoms in total. The van der Waals surface area contributed by atoms with E-state index in [-0.39, 0.29) is 0 Å². The summed E-state index contributed by atoms with van der Waals surface area (Å²) in [5.74, 6) is 2.81. The van der Waals surface area contributed by atoms with Crippen LogP contribution in [0.1, 0.15) is 40.0 Å². The van der Waals surface area contributed by atoms with Gasteiger partial charge in [0.05, 0.1) is 5.75 Å². The number of thioether (sulfide) groups is 1. The highest BCUT2D eigenvalue weighted by Crippen LogP contribution is 2.14. The van der Waals surface area contributed by atoms with Gasteiger partial charge in [0.25, 0.3) is 0 Å². The Hall–Kier alpha value is 0.0200. The standard InChI is InChI=1S/C10H20OS/c1-4-9(5-2)7-10(11)8-12-6-3/h9H,4-8H2,1-3H3. The maximum Gasteiger partial charge on any atom is 0.143 e. The Kier molecular flexibility index (Phi) is 7.67. The number of Topliss-reactive ketones (excluding diaryl/α,β-unsaturated/α-hetero) is 1. The molecule has 0 atom stereocenters. The number of carbonyl (C=O) groups excluding carboxylic acids is 1. The summed E-state index contributed by atoms with van der Waals surface area (Å²) in [5.41, 5.74) is 0. The Balaban J connectivity index is 3.52. The molecule has 72 valence electrons. The van der Waals surface area contributed by atoms with E-state index in [0.29, 0.717) is 17.5 Å². The largest absolute Gasteiger partial charge is 0.299 e. The van der Waals surface area contributed by atoms with Crippen LogP contribution in [0, 0.1) is 5.92 Å². The lowest BCUT2D eigenvalue weighted by Crippen LogP contribution is -2.09. The summed E-state index contributed by atoms with van der Waals surface area (Å²) in [6, 6.07) is 0. The van der Waals surface area contributed by atoms with Crippen LogP contribution in [0.2, 0.25) is 0 Å². The first kappa shape index (κ1) is 12.0. The van der Waals surface area contributed by atoms with Crippen molar-refractivity contribution in [3.8, 4) is 0 Å². The van der Waals surface area contributed by atoms with Crippen LogP contribution in [-0.2, 0) is 4.79 Å². The zero-order chi connectivity index (χ0) is 9.40. The fraction of sp³-hybridized carbons (Fsp3) is 0.900. The van der Waals surface area contributed by atoms with E-state index in [2.05, 4.69) is 20.8 Å². The first-order chi connectivity index (χ1) is 5.74. The van der Waals surface area contributed by atoms with Gasteiger partial charge in [0.2, 0.25) is 0 Å².